The Bertz CT molecular complexity index is 438. The van der Waals surface area contributed by atoms with Gasteiger partial charge < -0.3 is 5.11 Å². The summed E-state index contributed by atoms with van der Waals surface area (Å²) in [5.74, 6) is 1.97. The molecule has 0 aromatic rings. The molecule has 0 amide bonds. The van der Waals surface area contributed by atoms with Crippen LogP contribution in [0.1, 0.15) is 44.9 Å². The number of hydrazone groups is 1. The molecule has 0 radical (unpaired) electrons. The molecule has 20 heavy (non-hydrogen) atoms. The molecule has 3 nitrogen and oxygen atoms in total. The van der Waals surface area contributed by atoms with Crippen molar-refractivity contribution >= 4 is 5.71 Å². The molecule has 4 fully saturated rings. The highest BCUT2D eigenvalue weighted by Gasteiger charge is 2.61. The van der Waals surface area contributed by atoms with Crippen LogP contribution in [0.2, 0.25) is 0 Å². The summed E-state index contributed by atoms with van der Waals surface area (Å²) in [6, 6.07) is 0. The second-order valence-corrected chi connectivity index (χ2v) is 7.40. The molecule has 5 aliphatic rings. The summed E-state index contributed by atoms with van der Waals surface area (Å²) in [6.07, 6.45) is 1.54. The van der Waals surface area contributed by atoms with Crippen LogP contribution in [0.25, 0.3) is 0 Å². The number of halogens is 3. The van der Waals surface area contributed by atoms with E-state index in [1.807, 2.05) is 5.43 Å². The fourth-order valence-electron chi connectivity index (χ4n) is 5.42. The first kappa shape index (κ1) is 12.9. The van der Waals surface area contributed by atoms with Gasteiger partial charge >= 0.3 is 6.18 Å². The third-order valence-corrected chi connectivity index (χ3v) is 5.92. The van der Waals surface area contributed by atoms with Gasteiger partial charge in [0, 0.05) is 17.5 Å². The Labute approximate surface area is 115 Å². The molecule has 1 heterocycles. The summed E-state index contributed by atoms with van der Waals surface area (Å²) in [5.41, 5.74) is -0.492. The molecule has 2 N–H and O–H groups in total. The van der Waals surface area contributed by atoms with Crippen molar-refractivity contribution in [3.8, 4) is 0 Å². The molecule has 4 aliphatic carbocycles. The number of nitrogens with one attached hydrogen (secondary N) is 1. The number of alkyl halides is 3. The zero-order valence-corrected chi connectivity index (χ0v) is 11.2. The van der Waals surface area contributed by atoms with Crippen LogP contribution < -0.4 is 5.43 Å². The van der Waals surface area contributed by atoms with Crippen LogP contribution in [0.4, 0.5) is 13.2 Å². The average molecular weight is 288 g/mol. The molecule has 5 rings (SSSR count). The molecular formula is C14H19F3N2O. The van der Waals surface area contributed by atoms with Gasteiger partial charge in [-0.25, -0.2) is 0 Å². The molecule has 0 unspecified atom stereocenters. The van der Waals surface area contributed by atoms with Gasteiger partial charge in [0.2, 0.25) is 0 Å². The first-order valence-electron chi connectivity index (χ1n) is 7.43. The summed E-state index contributed by atoms with van der Waals surface area (Å²) >= 11 is 0. The zero-order valence-electron chi connectivity index (χ0n) is 11.2. The van der Waals surface area contributed by atoms with Gasteiger partial charge in [0.25, 0.3) is 5.72 Å². The highest BCUT2D eigenvalue weighted by Crippen LogP contribution is 2.61. The number of hydrogen-bond donors (Lipinski definition) is 2. The Morgan fingerprint density at radius 3 is 1.95 bits per heavy atom. The second-order valence-electron chi connectivity index (χ2n) is 7.40. The molecule has 112 valence electrons. The Kier molecular flexibility index (Phi) is 2.39. The van der Waals surface area contributed by atoms with Crippen molar-refractivity contribution in [2.75, 3.05) is 0 Å². The lowest BCUT2D eigenvalue weighted by atomic mass is 9.48. The van der Waals surface area contributed by atoms with Gasteiger partial charge in [0.05, 0.1) is 0 Å². The quantitative estimate of drug-likeness (QED) is 0.779. The molecular weight excluding hydrogens is 269 g/mol. The maximum Gasteiger partial charge on any atom is 0.438 e. The Balaban J connectivity index is 1.60. The van der Waals surface area contributed by atoms with Crippen LogP contribution in [0.5, 0.6) is 0 Å². The molecule has 1 aliphatic heterocycles. The smallest absolute Gasteiger partial charge is 0.362 e. The maximum absolute atomic E-state index is 12.9. The summed E-state index contributed by atoms with van der Waals surface area (Å²) in [7, 11) is 0. The number of rotatable bonds is 1. The predicted octanol–water partition coefficient (Wildman–Crippen LogP) is 2.80. The first-order valence-corrected chi connectivity index (χ1v) is 7.43. The molecule has 4 bridgehead atoms. The standard InChI is InChI=1S/C14H19F3N2O/c15-14(16,17)13(20)7-11(18-19-13)12-4-8-1-9(5-12)3-10(2-8)6-12/h8-10,19-20H,1-7H2/t8?,9?,10?,12?,13-/m0/s1. The number of aliphatic hydroxyl groups is 1. The van der Waals surface area contributed by atoms with Gasteiger partial charge in [-0.05, 0) is 56.3 Å². The molecule has 6 heteroatoms. The zero-order chi connectivity index (χ0) is 14.2. The lowest BCUT2D eigenvalue weighted by Crippen LogP contribution is -2.54. The van der Waals surface area contributed by atoms with E-state index in [0.717, 1.165) is 19.3 Å². The van der Waals surface area contributed by atoms with Crippen molar-refractivity contribution in [2.24, 2.45) is 28.3 Å². The fourth-order valence-corrected chi connectivity index (χ4v) is 5.42. The van der Waals surface area contributed by atoms with Gasteiger partial charge in [0.15, 0.2) is 0 Å². The lowest BCUT2D eigenvalue weighted by Gasteiger charge is -2.56. The first-order chi connectivity index (χ1) is 9.30. The van der Waals surface area contributed by atoms with Crippen LogP contribution in [0.15, 0.2) is 5.10 Å². The van der Waals surface area contributed by atoms with E-state index >= 15 is 0 Å². The van der Waals surface area contributed by atoms with Gasteiger partial charge in [-0.1, -0.05) is 0 Å². The SMILES string of the molecule is O[C@]1(C(F)(F)F)CC(C23CC4CC(CC(C4)C2)C3)=NN1. The Hall–Kier alpha value is -0.780. The van der Waals surface area contributed by atoms with Crippen LogP contribution in [0.3, 0.4) is 0 Å². The number of hydrogen-bond acceptors (Lipinski definition) is 3. The van der Waals surface area contributed by atoms with Crippen LogP contribution in [-0.2, 0) is 0 Å². The lowest BCUT2D eigenvalue weighted by molar-refractivity contribution is -0.266. The van der Waals surface area contributed by atoms with Crippen LogP contribution >= 0.6 is 0 Å². The van der Waals surface area contributed by atoms with E-state index in [1.54, 1.807) is 0 Å². The minimum Gasteiger partial charge on any atom is -0.362 e. The summed E-state index contributed by atoms with van der Waals surface area (Å²) in [6.45, 7) is 0. The van der Waals surface area contributed by atoms with E-state index in [1.165, 1.54) is 19.3 Å². The monoisotopic (exact) mass is 288 g/mol. The van der Waals surface area contributed by atoms with Gasteiger partial charge in [-0.15, -0.1) is 0 Å². The van der Waals surface area contributed by atoms with E-state index in [-0.39, 0.29) is 5.41 Å². The Morgan fingerprint density at radius 2 is 1.55 bits per heavy atom. The second kappa shape index (κ2) is 3.70. The van der Waals surface area contributed by atoms with E-state index in [2.05, 4.69) is 5.10 Å². The molecule has 4 saturated carbocycles. The van der Waals surface area contributed by atoms with Crippen molar-refractivity contribution in [1.29, 1.82) is 0 Å². The molecule has 0 aromatic heterocycles. The minimum atomic E-state index is -4.68. The van der Waals surface area contributed by atoms with Crippen molar-refractivity contribution in [1.82, 2.24) is 5.43 Å². The third kappa shape index (κ3) is 1.66. The molecule has 0 saturated heterocycles. The van der Waals surface area contributed by atoms with E-state index in [4.69, 9.17) is 0 Å². The summed E-state index contributed by atoms with van der Waals surface area (Å²) < 4.78 is 38.7. The largest absolute Gasteiger partial charge is 0.438 e. The van der Waals surface area contributed by atoms with Crippen LogP contribution in [-0.4, -0.2) is 22.7 Å². The van der Waals surface area contributed by atoms with Crippen molar-refractivity contribution in [3.63, 3.8) is 0 Å². The number of nitrogens with zero attached hydrogens (tertiary/aromatic N) is 1. The topological polar surface area (TPSA) is 44.6 Å². The molecule has 0 spiro atoms. The van der Waals surface area contributed by atoms with E-state index in [0.29, 0.717) is 23.5 Å². The fraction of sp³-hybridized carbons (Fsp3) is 0.929. The average Bonchev–Trinajstić information content (AvgIpc) is 2.71. The maximum atomic E-state index is 12.9. The highest BCUT2D eigenvalue weighted by molar-refractivity contribution is 5.92. The highest BCUT2D eigenvalue weighted by atomic mass is 19.4. The van der Waals surface area contributed by atoms with Crippen molar-refractivity contribution < 1.29 is 18.3 Å². The van der Waals surface area contributed by atoms with Crippen molar-refractivity contribution in [2.45, 2.75) is 56.8 Å². The van der Waals surface area contributed by atoms with E-state index < -0.39 is 18.3 Å². The summed E-state index contributed by atoms with van der Waals surface area (Å²) in [5, 5.41) is 13.7. The van der Waals surface area contributed by atoms with Crippen LogP contribution in [0, 0.1) is 23.2 Å². The summed E-state index contributed by atoms with van der Waals surface area (Å²) in [4.78, 5) is 0. The van der Waals surface area contributed by atoms with E-state index in [9.17, 15) is 18.3 Å². The van der Waals surface area contributed by atoms with Gasteiger partial charge in [-0.3, -0.25) is 5.43 Å². The van der Waals surface area contributed by atoms with Gasteiger partial charge in [-0.2, -0.15) is 18.3 Å². The normalized spacial score (nSPS) is 50.2. The predicted molar refractivity (Wildman–Crippen MR) is 66.8 cm³/mol. The van der Waals surface area contributed by atoms with Gasteiger partial charge in [0.1, 0.15) is 0 Å². The Morgan fingerprint density at radius 1 is 1.05 bits per heavy atom. The third-order valence-electron chi connectivity index (χ3n) is 5.92. The minimum absolute atomic E-state index is 0.169. The van der Waals surface area contributed by atoms with Crippen molar-refractivity contribution in [3.05, 3.63) is 0 Å². The molecule has 0 aromatic carbocycles. The molecule has 1 atom stereocenters.